The van der Waals surface area contributed by atoms with E-state index in [1.54, 1.807) is 9.20 Å². The van der Waals surface area contributed by atoms with E-state index in [0.717, 1.165) is 48.2 Å². The normalized spacial score (nSPS) is 21.4. The fraction of sp³-hybridized carbons (Fsp3) is 0.474. The summed E-state index contributed by atoms with van der Waals surface area (Å²) >= 11 is 0. The minimum atomic E-state index is 0.444. The Morgan fingerprint density at radius 3 is 2.62 bits per heavy atom. The van der Waals surface area contributed by atoms with Crippen molar-refractivity contribution in [3.05, 3.63) is 30.4 Å². The Labute approximate surface area is 153 Å². The van der Waals surface area contributed by atoms with Gasteiger partial charge in [-0.25, -0.2) is 4.98 Å². The first-order valence-electron chi connectivity index (χ1n) is 9.13. The van der Waals surface area contributed by atoms with Crippen molar-refractivity contribution in [2.45, 2.75) is 38.5 Å². The van der Waals surface area contributed by atoms with Gasteiger partial charge in [-0.3, -0.25) is 9.67 Å². The fourth-order valence-corrected chi connectivity index (χ4v) is 3.97. The lowest BCUT2D eigenvalue weighted by Gasteiger charge is -2.28. The maximum absolute atomic E-state index is 6.28. The van der Waals surface area contributed by atoms with Crippen LogP contribution in [-0.2, 0) is 7.05 Å². The van der Waals surface area contributed by atoms with Gasteiger partial charge in [0.15, 0.2) is 5.65 Å². The monoisotopic (exact) mass is 351 g/mol. The van der Waals surface area contributed by atoms with E-state index in [2.05, 4.69) is 22.1 Å². The van der Waals surface area contributed by atoms with Crippen LogP contribution in [0.2, 0.25) is 0 Å². The summed E-state index contributed by atoms with van der Waals surface area (Å²) in [5.41, 5.74) is 11.4. The third kappa shape index (κ3) is 2.87. The smallest absolute Gasteiger partial charge is 0.165 e. The van der Waals surface area contributed by atoms with Gasteiger partial charge in [-0.05, 0) is 38.5 Å². The summed E-state index contributed by atoms with van der Waals surface area (Å²) in [4.78, 5) is 9.32. The number of aromatic nitrogens is 5. The molecule has 26 heavy (non-hydrogen) atoms. The maximum Gasteiger partial charge on any atom is 0.165 e. The highest BCUT2D eigenvalue weighted by molar-refractivity contribution is 5.84. The van der Waals surface area contributed by atoms with Gasteiger partial charge in [0, 0.05) is 54.8 Å². The van der Waals surface area contributed by atoms with E-state index in [0.29, 0.717) is 17.7 Å². The Bertz CT molecular complexity index is 958. The lowest BCUT2D eigenvalue weighted by atomic mass is 9.78. The molecule has 1 fully saturated rings. The molecule has 0 spiro atoms. The summed E-state index contributed by atoms with van der Waals surface area (Å²) in [6.45, 7) is 2.14. The average molecular weight is 351 g/mol. The molecule has 3 heterocycles. The van der Waals surface area contributed by atoms with Gasteiger partial charge in [0.2, 0.25) is 0 Å². The molecular weight excluding hydrogens is 326 g/mol. The third-order valence-corrected chi connectivity index (χ3v) is 5.62. The van der Waals surface area contributed by atoms with Crippen molar-refractivity contribution in [1.29, 1.82) is 0 Å². The maximum atomic E-state index is 6.28. The zero-order chi connectivity index (χ0) is 18.3. The molecule has 1 aliphatic rings. The van der Waals surface area contributed by atoms with Gasteiger partial charge in [0.05, 0.1) is 12.4 Å². The summed E-state index contributed by atoms with van der Waals surface area (Å²) in [6, 6.07) is 1.98. The zero-order valence-electron chi connectivity index (χ0n) is 15.6. The van der Waals surface area contributed by atoms with Gasteiger partial charge in [-0.2, -0.15) is 14.7 Å². The van der Waals surface area contributed by atoms with E-state index in [4.69, 9.17) is 10.7 Å². The number of aliphatic imine (C=N–C) groups is 1. The van der Waals surface area contributed by atoms with E-state index >= 15 is 0 Å². The van der Waals surface area contributed by atoms with Crippen LogP contribution in [0.3, 0.4) is 0 Å². The predicted octanol–water partition coefficient (Wildman–Crippen LogP) is 3.08. The Morgan fingerprint density at radius 1 is 1.19 bits per heavy atom. The molecule has 3 aromatic heterocycles. The number of nitrogen functional groups attached to an aromatic ring is 1. The van der Waals surface area contributed by atoms with Gasteiger partial charge < -0.3 is 5.73 Å². The minimum Gasteiger partial charge on any atom is -0.384 e. The number of nitrogens with zero attached hydrogens (tertiary/aromatic N) is 6. The largest absolute Gasteiger partial charge is 0.384 e. The molecule has 0 aliphatic heterocycles. The number of hydrogen-bond donors (Lipinski definition) is 1. The molecule has 0 bridgehead atoms. The molecule has 0 unspecified atom stereocenters. The lowest BCUT2D eigenvalue weighted by molar-refractivity contribution is 0.386. The topological polar surface area (TPSA) is 86.4 Å². The second-order valence-corrected chi connectivity index (χ2v) is 7.22. The van der Waals surface area contributed by atoms with Crippen LogP contribution in [0.4, 0.5) is 5.82 Å². The highest BCUT2D eigenvalue weighted by Gasteiger charge is 2.26. The second kappa shape index (κ2) is 6.55. The predicted molar refractivity (Wildman–Crippen MR) is 103 cm³/mol. The quantitative estimate of drug-likeness (QED) is 0.735. The average Bonchev–Trinajstić information content (AvgIpc) is 3.27. The second-order valence-electron chi connectivity index (χ2n) is 7.22. The first-order chi connectivity index (χ1) is 12.6. The molecule has 7 heteroatoms. The van der Waals surface area contributed by atoms with E-state index < -0.39 is 0 Å². The number of anilines is 1. The van der Waals surface area contributed by atoms with Gasteiger partial charge in [-0.1, -0.05) is 0 Å². The highest BCUT2D eigenvalue weighted by atomic mass is 15.3. The van der Waals surface area contributed by atoms with Crippen LogP contribution < -0.4 is 5.73 Å². The molecule has 3 aromatic rings. The van der Waals surface area contributed by atoms with Crippen molar-refractivity contribution in [2.75, 3.05) is 12.8 Å². The SMILES string of the molecule is CN=C(C)C1CCC(c2cc(N)n3ncc(-c4cnn(C)c4)c3n2)CC1. The van der Waals surface area contributed by atoms with Crippen molar-refractivity contribution in [3.8, 4) is 11.1 Å². The van der Waals surface area contributed by atoms with Gasteiger partial charge in [-0.15, -0.1) is 0 Å². The van der Waals surface area contributed by atoms with Crippen molar-refractivity contribution >= 4 is 17.2 Å². The molecule has 1 saturated carbocycles. The Morgan fingerprint density at radius 2 is 1.96 bits per heavy atom. The molecule has 1 aliphatic carbocycles. The van der Waals surface area contributed by atoms with E-state index in [1.165, 1.54) is 5.71 Å². The first kappa shape index (κ1) is 16.8. The molecule has 136 valence electrons. The molecule has 0 saturated heterocycles. The number of hydrogen-bond acceptors (Lipinski definition) is 5. The summed E-state index contributed by atoms with van der Waals surface area (Å²) in [5.74, 6) is 1.69. The van der Waals surface area contributed by atoms with Crippen LogP contribution in [-0.4, -0.2) is 37.1 Å². The number of fused-ring (bicyclic) bond motifs is 1. The Hall–Kier alpha value is -2.70. The first-order valence-corrected chi connectivity index (χ1v) is 9.13. The Balaban J connectivity index is 1.67. The molecule has 7 nitrogen and oxygen atoms in total. The number of nitrogens with two attached hydrogens (primary N) is 1. The molecule has 4 rings (SSSR count). The summed E-state index contributed by atoms with van der Waals surface area (Å²) < 4.78 is 3.50. The lowest BCUT2D eigenvalue weighted by Crippen LogP contribution is -2.20. The van der Waals surface area contributed by atoms with E-state index in [-0.39, 0.29) is 0 Å². The summed E-state index contributed by atoms with van der Waals surface area (Å²) in [5, 5.41) is 8.67. The van der Waals surface area contributed by atoms with Crippen molar-refractivity contribution in [2.24, 2.45) is 18.0 Å². The van der Waals surface area contributed by atoms with Crippen LogP contribution in [0.25, 0.3) is 16.8 Å². The molecule has 0 atom stereocenters. The number of aryl methyl sites for hydroxylation is 1. The van der Waals surface area contributed by atoms with E-state index in [1.807, 2.05) is 38.8 Å². The highest BCUT2D eigenvalue weighted by Crippen LogP contribution is 2.37. The summed E-state index contributed by atoms with van der Waals surface area (Å²) in [7, 11) is 3.79. The van der Waals surface area contributed by atoms with Crippen LogP contribution in [0.5, 0.6) is 0 Å². The fourth-order valence-electron chi connectivity index (χ4n) is 3.97. The van der Waals surface area contributed by atoms with Crippen LogP contribution in [0, 0.1) is 5.92 Å². The van der Waals surface area contributed by atoms with Crippen LogP contribution in [0.15, 0.2) is 29.6 Å². The molecule has 0 radical (unpaired) electrons. The van der Waals surface area contributed by atoms with Gasteiger partial charge >= 0.3 is 0 Å². The van der Waals surface area contributed by atoms with Crippen molar-refractivity contribution < 1.29 is 0 Å². The third-order valence-electron chi connectivity index (χ3n) is 5.62. The molecule has 2 N–H and O–H groups in total. The zero-order valence-corrected chi connectivity index (χ0v) is 15.6. The van der Waals surface area contributed by atoms with Gasteiger partial charge in [0.25, 0.3) is 0 Å². The van der Waals surface area contributed by atoms with Gasteiger partial charge in [0.1, 0.15) is 5.82 Å². The van der Waals surface area contributed by atoms with Crippen molar-refractivity contribution in [3.63, 3.8) is 0 Å². The Kier molecular flexibility index (Phi) is 4.22. The standard InChI is InChI=1S/C19H25N7/c1-12(21-2)13-4-6-14(7-5-13)17-8-18(20)26-19(24-17)16(10-23-26)15-9-22-25(3)11-15/h8-11,13-14H,4-7,20H2,1-3H3. The van der Waals surface area contributed by atoms with Crippen LogP contribution in [0.1, 0.15) is 44.2 Å². The number of rotatable bonds is 3. The molecule has 0 aromatic carbocycles. The van der Waals surface area contributed by atoms with Crippen LogP contribution >= 0.6 is 0 Å². The molecular formula is C19H25N7. The minimum absolute atomic E-state index is 0.444. The van der Waals surface area contributed by atoms with E-state index in [9.17, 15) is 0 Å². The summed E-state index contributed by atoms with van der Waals surface area (Å²) in [6.07, 6.45) is 10.2. The molecule has 0 amide bonds. The van der Waals surface area contributed by atoms with Crippen molar-refractivity contribution in [1.82, 2.24) is 24.4 Å².